The Bertz CT molecular complexity index is 996. The summed E-state index contributed by atoms with van der Waals surface area (Å²) >= 11 is 0. The zero-order valence-electron chi connectivity index (χ0n) is 15.3. The van der Waals surface area contributed by atoms with Crippen molar-refractivity contribution in [2.45, 2.75) is 32.7 Å². The van der Waals surface area contributed by atoms with Crippen LogP contribution in [0.5, 0.6) is 0 Å². The highest BCUT2D eigenvalue weighted by atomic mass is 19.1. The van der Waals surface area contributed by atoms with Crippen molar-refractivity contribution in [3.63, 3.8) is 0 Å². The predicted octanol–water partition coefficient (Wildman–Crippen LogP) is 3.12. The number of hydrazine groups is 1. The summed E-state index contributed by atoms with van der Waals surface area (Å²) in [7, 11) is 0. The number of benzene rings is 2. The molecule has 0 bridgehead atoms. The predicted molar refractivity (Wildman–Crippen MR) is 100 cm³/mol. The van der Waals surface area contributed by atoms with Gasteiger partial charge >= 0.3 is 0 Å². The summed E-state index contributed by atoms with van der Waals surface area (Å²) in [5.74, 6) is -2.25. The van der Waals surface area contributed by atoms with Crippen LogP contribution in [-0.4, -0.2) is 21.4 Å². The maximum Gasteiger partial charge on any atom is 0.269 e. The number of hydrogen-bond donors (Lipinski definition) is 2. The average Bonchev–Trinajstić information content (AvgIpc) is 3.01. The molecule has 0 fully saturated rings. The van der Waals surface area contributed by atoms with Crippen LogP contribution in [0.15, 0.2) is 42.5 Å². The SMILES string of the molecule is CCCCc1nc2ccccc2n1CC(=O)NNC(=O)c1cc(F)cc(F)c1. The van der Waals surface area contributed by atoms with E-state index in [2.05, 4.69) is 22.8 Å². The second kappa shape index (κ2) is 8.60. The minimum atomic E-state index is -0.873. The standard InChI is InChI=1S/C20H20F2N4O2/c1-2-3-8-18-23-16-6-4-5-7-17(16)26(18)12-19(27)24-25-20(28)13-9-14(21)11-15(22)10-13/h4-7,9-11H,2-3,8,12H2,1H3,(H,24,27)(H,25,28). The fourth-order valence-electron chi connectivity index (χ4n) is 2.89. The van der Waals surface area contributed by atoms with Gasteiger partial charge in [-0.05, 0) is 30.7 Å². The summed E-state index contributed by atoms with van der Waals surface area (Å²) < 4.78 is 28.2. The zero-order chi connectivity index (χ0) is 20.1. The number of para-hydroxylation sites is 2. The van der Waals surface area contributed by atoms with Gasteiger partial charge in [0.1, 0.15) is 24.0 Å². The first-order valence-corrected chi connectivity index (χ1v) is 8.97. The molecule has 0 saturated carbocycles. The van der Waals surface area contributed by atoms with Crippen LogP contribution in [0.25, 0.3) is 11.0 Å². The molecule has 0 saturated heterocycles. The van der Waals surface area contributed by atoms with Crippen LogP contribution in [0, 0.1) is 11.6 Å². The summed E-state index contributed by atoms with van der Waals surface area (Å²) in [6.07, 6.45) is 2.66. The molecule has 0 spiro atoms. The molecule has 2 amide bonds. The minimum absolute atomic E-state index is 0.0443. The number of imidazole rings is 1. The number of fused-ring (bicyclic) bond motifs is 1. The summed E-state index contributed by atoms with van der Waals surface area (Å²) in [6, 6.07) is 9.92. The van der Waals surface area contributed by atoms with Gasteiger partial charge in [0.2, 0.25) is 0 Å². The van der Waals surface area contributed by atoms with Crippen molar-refractivity contribution in [1.82, 2.24) is 20.4 Å². The Labute approximate surface area is 160 Å². The third-order valence-corrected chi connectivity index (χ3v) is 4.23. The molecule has 8 heteroatoms. The quantitative estimate of drug-likeness (QED) is 0.639. The Morgan fingerprint density at radius 1 is 1.07 bits per heavy atom. The number of rotatable bonds is 6. The Morgan fingerprint density at radius 2 is 1.79 bits per heavy atom. The van der Waals surface area contributed by atoms with Gasteiger partial charge in [0, 0.05) is 18.1 Å². The topological polar surface area (TPSA) is 76.0 Å². The summed E-state index contributed by atoms with van der Waals surface area (Å²) in [5, 5.41) is 0. The van der Waals surface area contributed by atoms with Gasteiger partial charge in [0.15, 0.2) is 0 Å². The van der Waals surface area contributed by atoms with E-state index >= 15 is 0 Å². The number of hydrogen-bond acceptors (Lipinski definition) is 3. The smallest absolute Gasteiger partial charge is 0.269 e. The van der Waals surface area contributed by atoms with E-state index in [0.717, 1.165) is 48.3 Å². The van der Waals surface area contributed by atoms with E-state index in [1.54, 1.807) is 4.57 Å². The van der Waals surface area contributed by atoms with Gasteiger partial charge in [0.05, 0.1) is 11.0 Å². The molecule has 6 nitrogen and oxygen atoms in total. The molecule has 3 rings (SSSR count). The van der Waals surface area contributed by atoms with Crippen molar-refractivity contribution in [2.75, 3.05) is 0 Å². The van der Waals surface area contributed by atoms with Gasteiger partial charge in [-0.25, -0.2) is 13.8 Å². The lowest BCUT2D eigenvalue weighted by atomic mass is 10.2. The Balaban J connectivity index is 1.70. The highest BCUT2D eigenvalue weighted by Gasteiger charge is 2.15. The monoisotopic (exact) mass is 386 g/mol. The second-order valence-corrected chi connectivity index (χ2v) is 6.37. The number of carbonyl (C=O) groups excluding carboxylic acids is 2. The van der Waals surface area contributed by atoms with E-state index in [0.29, 0.717) is 6.07 Å². The number of halogens is 2. The van der Waals surface area contributed by atoms with Gasteiger partial charge in [-0.15, -0.1) is 0 Å². The summed E-state index contributed by atoms with van der Waals surface area (Å²) in [6.45, 7) is 2.03. The highest BCUT2D eigenvalue weighted by Crippen LogP contribution is 2.17. The molecule has 3 aromatic rings. The van der Waals surface area contributed by atoms with Crippen molar-refractivity contribution in [2.24, 2.45) is 0 Å². The maximum atomic E-state index is 13.2. The van der Waals surface area contributed by atoms with Crippen LogP contribution in [0.2, 0.25) is 0 Å². The first-order chi connectivity index (χ1) is 13.5. The van der Waals surface area contributed by atoms with Crippen LogP contribution < -0.4 is 10.9 Å². The zero-order valence-corrected chi connectivity index (χ0v) is 15.3. The van der Waals surface area contributed by atoms with Gasteiger partial charge in [-0.3, -0.25) is 20.4 Å². The molecule has 0 unspecified atom stereocenters. The molecule has 0 aliphatic heterocycles. The first-order valence-electron chi connectivity index (χ1n) is 8.97. The van der Waals surface area contributed by atoms with E-state index in [-0.39, 0.29) is 12.1 Å². The number of unbranched alkanes of at least 4 members (excludes halogenated alkanes) is 1. The summed E-state index contributed by atoms with van der Waals surface area (Å²) in [4.78, 5) is 28.9. The molecular formula is C20H20F2N4O2. The largest absolute Gasteiger partial charge is 0.318 e. The fraction of sp³-hybridized carbons (Fsp3) is 0.250. The Kier molecular flexibility index (Phi) is 5.98. The number of carbonyl (C=O) groups is 2. The lowest BCUT2D eigenvalue weighted by Gasteiger charge is -2.11. The van der Waals surface area contributed by atoms with Crippen LogP contribution in [0.3, 0.4) is 0 Å². The molecule has 1 heterocycles. The Hall–Kier alpha value is -3.29. The maximum absolute atomic E-state index is 13.2. The second-order valence-electron chi connectivity index (χ2n) is 6.37. The lowest BCUT2D eigenvalue weighted by Crippen LogP contribution is -2.43. The van der Waals surface area contributed by atoms with Crippen molar-refractivity contribution in [3.05, 3.63) is 65.5 Å². The van der Waals surface area contributed by atoms with Crippen molar-refractivity contribution in [3.8, 4) is 0 Å². The molecule has 0 aliphatic rings. The van der Waals surface area contributed by atoms with Gasteiger partial charge in [-0.2, -0.15) is 0 Å². The highest BCUT2D eigenvalue weighted by molar-refractivity contribution is 5.95. The van der Waals surface area contributed by atoms with E-state index in [4.69, 9.17) is 0 Å². The number of nitrogens with one attached hydrogen (secondary N) is 2. The number of nitrogens with zero attached hydrogens (tertiary/aromatic N) is 2. The lowest BCUT2D eigenvalue weighted by molar-refractivity contribution is -0.122. The summed E-state index contributed by atoms with van der Waals surface area (Å²) in [5.41, 5.74) is 5.83. The molecule has 2 aromatic carbocycles. The van der Waals surface area contributed by atoms with Gasteiger partial charge in [0.25, 0.3) is 11.8 Å². The number of aromatic nitrogens is 2. The molecule has 0 atom stereocenters. The van der Waals surface area contributed by atoms with Gasteiger partial charge in [-0.1, -0.05) is 25.5 Å². The Morgan fingerprint density at radius 3 is 2.50 bits per heavy atom. The van der Waals surface area contributed by atoms with Crippen molar-refractivity contribution >= 4 is 22.8 Å². The minimum Gasteiger partial charge on any atom is -0.318 e. The van der Waals surface area contributed by atoms with Crippen LogP contribution in [0.4, 0.5) is 8.78 Å². The van der Waals surface area contributed by atoms with Crippen LogP contribution >= 0.6 is 0 Å². The molecule has 146 valence electrons. The van der Waals surface area contributed by atoms with E-state index in [1.165, 1.54) is 0 Å². The average molecular weight is 386 g/mol. The number of amides is 2. The normalized spacial score (nSPS) is 10.8. The van der Waals surface area contributed by atoms with Crippen LogP contribution in [-0.2, 0) is 17.8 Å². The molecule has 0 aliphatic carbocycles. The molecule has 2 N–H and O–H groups in total. The molecule has 28 heavy (non-hydrogen) atoms. The molecule has 1 aromatic heterocycles. The van der Waals surface area contributed by atoms with Gasteiger partial charge < -0.3 is 4.57 Å². The molecular weight excluding hydrogens is 366 g/mol. The molecule has 0 radical (unpaired) electrons. The van der Waals surface area contributed by atoms with E-state index in [1.807, 2.05) is 24.3 Å². The fourth-order valence-corrected chi connectivity index (χ4v) is 2.89. The van der Waals surface area contributed by atoms with Crippen molar-refractivity contribution < 1.29 is 18.4 Å². The van der Waals surface area contributed by atoms with E-state index < -0.39 is 23.4 Å². The third-order valence-electron chi connectivity index (χ3n) is 4.23. The van der Waals surface area contributed by atoms with E-state index in [9.17, 15) is 18.4 Å². The number of aryl methyl sites for hydroxylation is 1. The third kappa shape index (κ3) is 4.51. The first kappa shape index (κ1) is 19.5. The van der Waals surface area contributed by atoms with Crippen molar-refractivity contribution in [1.29, 1.82) is 0 Å². The van der Waals surface area contributed by atoms with Crippen LogP contribution in [0.1, 0.15) is 35.9 Å².